The van der Waals surface area contributed by atoms with Crippen LogP contribution in [0.3, 0.4) is 0 Å². The van der Waals surface area contributed by atoms with Crippen LogP contribution in [0.5, 0.6) is 0 Å². The summed E-state index contributed by atoms with van der Waals surface area (Å²) in [6.07, 6.45) is -4.48. The van der Waals surface area contributed by atoms with E-state index in [0.717, 1.165) is 28.7 Å². The van der Waals surface area contributed by atoms with Crippen molar-refractivity contribution in [1.82, 2.24) is 9.97 Å². The highest BCUT2D eigenvalue weighted by Gasteiger charge is 2.30. The van der Waals surface area contributed by atoms with Crippen molar-refractivity contribution < 1.29 is 18.0 Å². The predicted molar refractivity (Wildman–Crippen MR) is 106 cm³/mol. The molecular formula is C21H15F3N4O. The van der Waals surface area contributed by atoms with Crippen molar-refractivity contribution >= 4 is 28.4 Å². The largest absolute Gasteiger partial charge is 0.416 e. The zero-order chi connectivity index (χ0) is 20.4. The van der Waals surface area contributed by atoms with Crippen LogP contribution in [0.2, 0.25) is 0 Å². The Hall–Kier alpha value is -3.81. The molecule has 0 aliphatic heterocycles. The third-order valence-corrected chi connectivity index (χ3v) is 4.23. The van der Waals surface area contributed by atoms with Crippen LogP contribution in [0.1, 0.15) is 5.56 Å². The average molecular weight is 396 g/mol. The molecule has 0 spiro atoms. The maximum atomic E-state index is 12.8. The summed E-state index contributed by atoms with van der Waals surface area (Å²) in [5.74, 6) is 0.646. The van der Waals surface area contributed by atoms with Gasteiger partial charge in [-0.15, -0.1) is 0 Å². The lowest BCUT2D eigenvalue weighted by atomic mass is 10.2. The van der Waals surface area contributed by atoms with E-state index in [-0.39, 0.29) is 5.69 Å². The van der Waals surface area contributed by atoms with E-state index >= 15 is 0 Å². The number of alkyl halides is 3. The van der Waals surface area contributed by atoms with Crippen molar-refractivity contribution in [3.8, 4) is 11.4 Å². The Morgan fingerprint density at radius 1 is 0.862 bits per heavy atom. The average Bonchev–Trinajstić information content (AvgIpc) is 3.12. The van der Waals surface area contributed by atoms with E-state index in [1.54, 1.807) is 18.2 Å². The van der Waals surface area contributed by atoms with Crippen molar-refractivity contribution in [3.63, 3.8) is 0 Å². The minimum Gasteiger partial charge on any atom is -0.338 e. The molecule has 3 aromatic carbocycles. The molecule has 0 unspecified atom stereocenters. The molecule has 29 heavy (non-hydrogen) atoms. The lowest BCUT2D eigenvalue weighted by molar-refractivity contribution is -0.137. The maximum Gasteiger partial charge on any atom is 0.416 e. The van der Waals surface area contributed by atoms with Crippen LogP contribution in [0, 0.1) is 0 Å². The Bertz CT molecular complexity index is 1150. The summed E-state index contributed by atoms with van der Waals surface area (Å²) in [6.45, 7) is 0. The van der Waals surface area contributed by atoms with Gasteiger partial charge in [-0.2, -0.15) is 13.2 Å². The molecule has 0 aliphatic rings. The molecule has 0 bridgehead atoms. The molecule has 4 rings (SSSR count). The number of rotatable bonds is 3. The maximum absolute atomic E-state index is 12.8. The summed E-state index contributed by atoms with van der Waals surface area (Å²) < 4.78 is 38.4. The lowest BCUT2D eigenvalue weighted by Gasteiger charge is -2.11. The molecule has 8 heteroatoms. The van der Waals surface area contributed by atoms with E-state index in [2.05, 4.69) is 20.6 Å². The number of aromatic nitrogens is 2. The number of urea groups is 1. The van der Waals surface area contributed by atoms with Crippen molar-refractivity contribution in [1.29, 1.82) is 0 Å². The number of fused-ring (bicyclic) bond motifs is 1. The fraction of sp³-hybridized carbons (Fsp3) is 0.0476. The van der Waals surface area contributed by atoms with E-state index < -0.39 is 17.8 Å². The van der Waals surface area contributed by atoms with Gasteiger partial charge in [0.1, 0.15) is 5.82 Å². The number of H-pyrrole nitrogens is 1. The van der Waals surface area contributed by atoms with Gasteiger partial charge in [0.05, 0.1) is 16.6 Å². The molecule has 0 saturated heterocycles. The van der Waals surface area contributed by atoms with E-state index in [1.165, 1.54) is 12.1 Å². The lowest BCUT2D eigenvalue weighted by Crippen LogP contribution is -2.19. The van der Waals surface area contributed by atoms with E-state index in [0.29, 0.717) is 11.5 Å². The van der Waals surface area contributed by atoms with E-state index in [4.69, 9.17) is 0 Å². The van der Waals surface area contributed by atoms with E-state index in [9.17, 15) is 18.0 Å². The number of para-hydroxylation sites is 2. The highest BCUT2D eigenvalue weighted by molar-refractivity contribution is 6.00. The normalized spacial score (nSPS) is 11.4. The summed E-state index contributed by atoms with van der Waals surface area (Å²) in [5.41, 5.74) is 2.17. The van der Waals surface area contributed by atoms with Crippen LogP contribution >= 0.6 is 0 Å². The number of anilines is 2. The number of imidazole rings is 1. The standard InChI is InChI=1S/C21H15F3N4O/c22-21(23,24)14-6-4-8-16(12-14)26-20(29)25-15-7-3-5-13(11-15)19-27-17-9-1-2-10-18(17)28-19/h1-12H,(H,27,28)(H2,25,26,29). The Morgan fingerprint density at radius 2 is 1.55 bits per heavy atom. The Morgan fingerprint density at radius 3 is 2.28 bits per heavy atom. The number of hydrogen-bond donors (Lipinski definition) is 3. The number of carbonyl (C=O) groups excluding carboxylic acids is 1. The van der Waals surface area contributed by atoms with Crippen LogP contribution < -0.4 is 10.6 Å². The number of amides is 2. The first-order valence-electron chi connectivity index (χ1n) is 8.69. The van der Waals surface area contributed by atoms with Gasteiger partial charge >= 0.3 is 12.2 Å². The molecule has 146 valence electrons. The van der Waals surface area contributed by atoms with Gasteiger partial charge in [0.15, 0.2) is 0 Å². The molecular weight excluding hydrogens is 381 g/mol. The van der Waals surface area contributed by atoms with Crippen molar-refractivity contribution in [3.05, 3.63) is 78.4 Å². The molecule has 0 aliphatic carbocycles. The highest BCUT2D eigenvalue weighted by atomic mass is 19.4. The summed E-state index contributed by atoms with van der Waals surface area (Å²) in [5, 5.41) is 5.03. The number of nitrogens with one attached hydrogen (secondary N) is 3. The van der Waals surface area contributed by atoms with Crippen molar-refractivity contribution in [2.75, 3.05) is 10.6 Å². The smallest absolute Gasteiger partial charge is 0.338 e. The number of hydrogen-bond acceptors (Lipinski definition) is 2. The number of carbonyl (C=O) groups is 1. The van der Waals surface area contributed by atoms with Gasteiger partial charge in [0.2, 0.25) is 0 Å². The molecule has 2 amide bonds. The molecule has 0 atom stereocenters. The monoisotopic (exact) mass is 396 g/mol. The summed E-state index contributed by atoms with van der Waals surface area (Å²) in [7, 11) is 0. The topological polar surface area (TPSA) is 69.8 Å². The Balaban J connectivity index is 1.50. The van der Waals surface area contributed by atoms with E-state index in [1.807, 2.05) is 30.3 Å². The fourth-order valence-corrected chi connectivity index (χ4v) is 2.90. The molecule has 0 saturated carbocycles. The third kappa shape index (κ3) is 4.21. The Labute approximate surface area is 163 Å². The van der Waals surface area contributed by atoms with Gasteiger partial charge in [0.25, 0.3) is 0 Å². The molecule has 0 radical (unpaired) electrons. The second-order valence-electron chi connectivity index (χ2n) is 6.34. The minimum absolute atomic E-state index is 0.0470. The Kier molecular flexibility index (Phi) is 4.67. The fourth-order valence-electron chi connectivity index (χ4n) is 2.90. The van der Waals surface area contributed by atoms with Gasteiger partial charge in [-0.05, 0) is 42.5 Å². The molecule has 1 aromatic heterocycles. The number of benzene rings is 3. The first-order valence-corrected chi connectivity index (χ1v) is 8.69. The van der Waals surface area contributed by atoms with Crippen LogP contribution in [-0.4, -0.2) is 16.0 Å². The highest BCUT2D eigenvalue weighted by Crippen LogP contribution is 2.30. The first kappa shape index (κ1) is 18.5. The van der Waals surface area contributed by atoms with Crippen molar-refractivity contribution in [2.24, 2.45) is 0 Å². The summed E-state index contributed by atoms with van der Waals surface area (Å²) in [4.78, 5) is 19.9. The molecule has 5 nitrogen and oxygen atoms in total. The van der Waals surface area contributed by atoms with Crippen LogP contribution in [0.25, 0.3) is 22.4 Å². The zero-order valence-corrected chi connectivity index (χ0v) is 14.9. The minimum atomic E-state index is -4.48. The molecule has 1 heterocycles. The number of halogens is 3. The molecule has 0 fully saturated rings. The quantitative estimate of drug-likeness (QED) is 0.404. The first-order chi connectivity index (χ1) is 13.9. The van der Waals surface area contributed by atoms with Crippen LogP contribution in [0.15, 0.2) is 72.8 Å². The molecule has 3 N–H and O–H groups in total. The van der Waals surface area contributed by atoms with Gasteiger partial charge in [0, 0.05) is 16.9 Å². The summed E-state index contributed by atoms with van der Waals surface area (Å²) >= 11 is 0. The zero-order valence-electron chi connectivity index (χ0n) is 14.9. The van der Waals surface area contributed by atoms with Gasteiger partial charge < -0.3 is 15.6 Å². The number of aromatic amines is 1. The summed E-state index contributed by atoms with van der Waals surface area (Å²) in [6, 6.07) is 18.4. The van der Waals surface area contributed by atoms with Gasteiger partial charge in [-0.3, -0.25) is 0 Å². The van der Waals surface area contributed by atoms with Gasteiger partial charge in [-0.25, -0.2) is 9.78 Å². The second kappa shape index (κ2) is 7.31. The SMILES string of the molecule is O=C(Nc1cccc(-c2nc3ccccc3[nH]2)c1)Nc1cccc(C(F)(F)F)c1. The molecule has 4 aromatic rings. The second-order valence-corrected chi connectivity index (χ2v) is 6.34. The van der Waals surface area contributed by atoms with Crippen LogP contribution in [-0.2, 0) is 6.18 Å². The van der Waals surface area contributed by atoms with Gasteiger partial charge in [-0.1, -0.05) is 30.3 Å². The third-order valence-electron chi connectivity index (χ3n) is 4.23. The van der Waals surface area contributed by atoms with Crippen molar-refractivity contribution in [2.45, 2.75) is 6.18 Å². The predicted octanol–water partition coefficient (Wildman–Crippen LogP) is 5.89. The number of nitrogens with zero attached hydrogens (tertiary/aromatic N) is 1. The van der Waals surface area contributed by atoms with Crippen LogP contribution in [0.4, 0.5) is 29.3 Å².